The predicted molar refractivity (Wildman–Crippen MR) is 118 cm³/mol. The van der Waals surface area contributed by atoms with Crippen LogP contribution < -0.4 is 0 Å². The van der Waals surface area contributed by atoms with E-state index in [0.29, 0.717) is 13.0 Å². The van der Waals surface area contributed by atoms with Gasteiger partial charge in [-0.3, -0.25) is 9.59 Å². The number of hydrogen-bond donors (Lipinski definition) is 2. The molecule has 6 nitrogen and oxygen atoms in total. The van der Waals surface area contributed by atoms with Gasteiger partial charge in [0.2, 0.25) is 0 Å². The molecular weight excluding hydrogens is 464 g/mol. The number of aliphatic hydroxyl groups excluding tert-OH is 2. The number of rotatable bonds is 5. The lowest BCUT2D eigenvalue weighted by Crippen LogP contribution is -2.56. The van der Waals surface area contributed by atoms with Gasteiger partial charge in [-0.05, 0) is 48.9 Å². The fourth-order valence-corrected chi connectivity index (χ4v) is 7.78. The van der Waals surface area contributed by atoms with Crippen LogP contribution in [0, 0.1) is 34.0 Å². The zero-order valence-electron chi connectivity index (χ0n) is 18.9. The van der Waals surface area contributed by atoms with E-state index in [1.807, 2.05) is 0 Å². The Morgan fingerprint density at radius 2 is 1.94 bits per heavy atom. The molecule has 0 radical (unpaired) electrons. The van der Waals surface area contributed by atoms with Crippen molar-refractivity contribution in [2.45, 2.75) is 76.8 Å². The minimum atomic E-state index is -0.465. The minimum absolute atomic E-state index is 0.00354. The predicted octanol–water partition coefficient (Wildman–Crippen LogP) is 3.38. The largest absolute Gasteiger partial charge is 0.465 e. The molecule has 31 heavy (non-hydrogen) atoms. The SMILES string of the molecule is CC(=O)OC[C@H](Br)[C@]1(C)CC=C2[C@H](C1)[C@@H](O)C[C@H]1[C@]3(CO)C[C@@H]3[C@@H](OC(C)=O)C[C@]21C. The van der Waals surface area contributed by atoms with Gasteiger partial charge in [-0.1, -0.05) is 41.4 Å². The summed E-state index contributed by atoms with van der Waals surface area (Å²) in [5, 5.41) is 21.6. The van der Waals surface area contributed by atoms with Gasteiger partial charge in [0.15, 0.2) is 0 Å². The average molecular weight is 499 g/mol. The maximum atomic E-state index is 11.8. The van der Waals surface area contributed by atoms with Crippen molar-refractivity contribution >= 4 is 27.9 Å². The number of carbonyl (C=O) groups excluding carboxylic acids is 2. The molecule has 4 aliphatic carbocycles. The van der Waals surface area contributed by atoms with E-state index < -0.39 is 6.10 Å². The number of halogens is 1. The molecule has 3 fully saturated rings. The van der Waals surface area contributed by atoms with Gasteiger partial charge in [0.05, 0.1) is 10.9 Å². The van der Waals surface area contributed by atoms with Crippen molar-refractivity contribution < 1.29 is 29.3 Å². The normalized spacial score (nSPS) is 46.5. The molecule has 7 heteroatoms. The van der Waals surface area contributed by atoms with E-state index in [-0.39, 0.29) is 63.5 Å². The second-order valence-electron chi connectivity index (χ2n) is 10.9. The number of alkyl halides is 1. The lowest BCUT2D eigenvalue weighted by molar-refractivity contribution is -0.158. The van der Waals surface area contributed by atoms with E-state index in [4.69, 9.17) is 9.47 Å². The Balaban J connectivity index is 1.64. The van der Waals surface area contributed by atoms with Crippen LogP contribution in [0.5, 0.6) is 0 Å². The van der Waals surface area contributed by atoms with Crippen LogP contribution in [0.2, 0.25) is 0 Å². The highest BCUT2D eigenvalue weighted by atomic mass is 79.9. The molecule has 0 aromatic carbocycles. The van der Waals surface area contributed by atoms with Crippen molar-refractivity contribution in [3.05, 3.63) is 11.6 Å². The molecule has 0 bridgehead atoms. The molecule has 174 valence electrons. The van der Waals surface area contributed by atoms with E-state index in [9.17, 15) is 19.8 Å². The Labute approximate surface area is 192 Å². The maximum Gasteiger partial charge on any atom is 0.302 e. The minimum Gasteiger partial charge on any atom is -0.465 e. The van der Waals surface area contributed by atoms with Crippen LogP contribution in [0.25, 0.3) is 0 Å². The highest BCUT2D eigenvalue weighted by Gasteiger charge is 2.72. The van der Waals surface area contributed by atoms with Crippen molar-refractivity contribution in [2.75, 3.05) is 13.2 Å². The van der Waals surface area contributed by atoms with E-state index in [1.54, 1.807) is 0 Å². The lowest BCUT2D eigenvalue weighted by atomic mass is 9.48. The lowest BCUT2D eigenvalue weighted by Gasteiger charge is -2.58. The molecule has 4 rings (SSSR count). The first-order valence-corrected chi connectivity index (χ1v) is 12.3. The van der Waals surface area contributed by atoms with Crippen LogP contribution in [0.3, 0.4) is 0 Å². The summed E-state index contributed by atoms with van der Waals surface area (Å²) in [6.45, 7) is 7.68. The van der Waals surface area contributed by atoms with Gasteiger partial charge in [0.1, 0.15) is 12.7 Å². The molecule has 0 unspecified atom stereocenters. The first kappa shape index (κ1) is 23.2. The molecule has 0 amide bonds. The second kappa shape index (κ2) is 7.84. The Kier molecular flexibility index (Phi) is 5.88. The number of fused-ring (bicyclic) bond motifs is 5. The van der Waals surface area contributed by atoms with Crippen molar-refractivity contribution in [2.24, 2.45) is 34.0 Å². The fourth-order valence-electron chi connectivity index (χ4n) is 7.28. The van der Waals surface area contributed by atoms with Crippen molar-refractivity contribution in [1.82, 2.24) is 0 Å². The van der Waals surface area contributed by atoms with E-state index >= 15 is 0 Å². The van der Waals surface area contributed by atoms with E-state index in [2.05, 4.69) is 35.9 Å². The summed E-state index contributed by atoms with van der Waals surface area (Å²) >= 11 is 3.74. The molecule has 3 saturated carbocycles. The summed E-state index contributed by atoms with van der Waals surface area (Å²) in [6, 6.07) is 0. The molecule has 0 saturated heterocycles. The summed E-state index contributed by atoms with van der Waals surface area (Å²) in [6.07, 6.45) is 5.53. The zero-order valence-corrected chi connectivity index (χ0v) is 20.5. The average Bonchev–Trinajstić information content (AvgIpc) is 3.44. The first-order valence-electron chi connectivity index (χ1n) is 11.4. The third-order valence-corrected chi connectivity index (χ3v) is 10.4. The smallest absolute Gasteiger partial charge is 0.302 e. The van der Waals surface area contributed by atoms with Crippen LogP contribution in [0.1, 0.15) is 59.8 Å². The highest BCUT2D eigenvalue weighted by Crippen LogP contribution is 2.74. The summed E-state index contributed by atoms with van der Waals surface area (Å²) in [5.41, 5.74) is 0.651. The molecule has 0 aromatic heterocycles. The van der Waals surface area contributed by atoms with Gasteiger partial charge >= 0.3 is 11.9 Å². The fraction of sp³-hybridized carbons (Fsp3) is 0.833. The Bertz CT molecular complexity index is 797. The number of hydrogen-bond acceptors (Lipinski definition) is 6. The second-order valence-corrected chi connectivity index (χ2v) is 12.0. The van der Waals surface area contributed by atoms with Crippen LogP contribution in [0.15, 0.2) is 11.6 Å². The van der Waals surface area contributed by atoms with Crippen LogP contribution in [-0.2, 0) is 19.1 Å². The molecule has 9 atom stereocenters. The number of aliphatic hydroxyl groups is 2. The van der Waals surface area contributed by atoms with Gasteiger partial charge in [0.25, 0.3) is 0 Å². The van der Waals surface area contributed by atoms with E-state index in [1.165, 1.54) is 19.4 Å². The molecule has 2 N–H and O–H groups in total. The molecule has 0 aromatic rings. The summed E-state index contributed by atoms with van der Waals surface area (Å²) in [4.78, 5) is 23.0. The number of allylic oxidation sites excluding steroid dienone is 1. The van der Waals surface area contributed by atoms with Gasteiger partial charge in [0, 0.05) is 37.7 Å². The van der Waals surface area contributed by atoms with Crippen molar-refractivity contribution in [1.29, 1.82) is 0 Å². The van der Waals surface area contributed by atoms with Crippen molar-refractivity contribution in [3.63, 3.8) is 0 Å². The zero-order chi connectivity index (χ0) is 22.8. The molecule has 4 aliphatic rings. The number of carbonyl (C=O) groups is 2. The summed E-state index contributed by atoms with van der Waals surface area (Å²) < 4.78 is 11.0. The van der Waals surface area contributed by atoms with Gasteiger partial charge in [-0.25, -0.2) is 0 Å². The molecule has 0 aliphatic heterocycles. The topological polar surface area (TPSA) is 93.1 Å². The van der Waals surface area contributed by atoms with Crippen molar-refractivity contribution in [3.8, 4) is 0 Å². The quantitative estimate of drug-likeness (QED) is 0.342. The highest BCUT2D eigenvalue weighted by molar-refractivity contribution is 9.09. The maximum absolute atomic E-state index is 11.8. The number of esters is 2. The Morgan fingerprint density at radius 1 is 1.23 bits per heavy atom. The van der Waals surface area contributed by atoms with Crippen LogP contribution in [-0.4, -0.2) is 52.4 Å². The van der Waals surface area contributed by atoms with Crippen LogP contribution in [0.4, 0.5) is 0 Å². The monoisotopic (exact) mass is 498 g/mol. The van der Waals surface area contributed by atoms with Gasteiger partial charge in [-0.2, -0.15) is 0 Å². The standard InChI is InChI=1S/C24H35BrO6/c1-13(27)30-11-21(25)22(3)6-5-16-15(8-22)18(29)7-20-23(16,4)10-19(31-14(2)28)17-9-24(17,20)12-26/h5,15,17-21,26,29H,6-12H2,1-4H3/t15-,17+,18-,19-,20+,21-,22+,23+,24-/m0/s1. The first-order chi connectivity index (χ1) is 14.5. The van der Waals surface area contributed by atoms with Crippen LogP contribution >= 0.6 is 15.9 Å². The third kappa shape index (κ3) is 3.68. The summed E-state index contributed by atoms with van der Waals surface area (Å²) in [5.74, 6) is -0.171. The summed E-state index contributed by atoms with van der Waals surface area (Å²) in [7, 11) is 0. The molecular formula is C24H35BrO6. The Hall–Kier alpha value is -0.920. The van der Waals surface area contributed by atoms with E-state index in [0.717, 1.165) is 25.7 Å². The molecule has 0 heterocycles. The third-order valence-electron chi connectivity index (χ3n) is 8.99. The van der Waals surface area contributed by atoms with Gasteiger partial charge in [-0.15, -0.1) is 0 Å². The number of ether oxygens (including phenoxy) is 2. The molecule has 0 spiro atoms. The van der Waals surface area contributed by atoms with Gasteiger partial charge < -0.3 is 19.7 Å². The Morgan fingerprint density at radius 3 is 2.55 bits per heavy atom.